The van der Waals surface area contributed by atoms with Gasteiger partial charge in [0.15, 0.2) is 9.84 Å². The highest BCUT2D eigenvalue weighted by Gasteiger charge is 2.29. The quantitative estimate of drug-likeness (QED) is 0.777. The molecule has 1 heterocycles. The van der Waals surface area contributed by atoms with Crippen LogP contribution in [-0.2, 0) is 14.6 Å². The van der Waals surface area contributed by atoms with Gasteiger partial charge in [0.25, 0.3) is 0 Å². The molecular weight excluding hydrogens is 264 g/mol. The first-order valence-corrected chi connectivity index (χ1v) is 9.01. The molecule has 110 valence electrons. The zero-order chi connectivity index (χ0) is 13.7. The summed E-state index contributed by atoms with van der Waals surface area (Å²) >= 11 is 0. The Morgan fingerprint density at radius 3 is 2.53 bits per heavy atom. The molecule has 0 radical (unpaired) electrons. The van der Waals surface area contributed by atoms with Crippen molar-refractivity contribution in [1.29, 1.82) is 0 Å². The Morgan fingerprint density at radius 2 is 1.89 bits per heavy atom. The van der Waals surface area contributed by atoms with Crippen molar-refractivity contribution in [2.45, 2.75) is 56.2 Å². The van der Waals surface area contributed by atoms with Crippen molar-refractivity contribution in [2.24, 2.45) is 0 Å². The number of carbonyl (C=O) groups is 1. The minimum atomic E-state index is -3.07. The normalized spacial score (nSPS) is 25.4. The third-order valence-corrected chi connectivity index (χ3v) is 6.35. The molecule has 0 bridgehead atoms. The SMILES string of the molecule is O=C(CCS(=O)(=O)C1CCCC1)N[C@H]1CCCNC1. The number of sulfone groups is 1. The van der Waals surface area contributed by atoms with Crippen LogP contribution in [0.4, 0.5) is 0 Å². The van der Waals surface area contributed by atoms with Gasteiger partial charge in [0.2, 0.25) is 5.91 Å². The smallest absolute Gasteiger partial charge is 0.221 e. The number of hydrogen-bond acceptors (Lipinski definition) is 4. The Bertz CT molecular complexity index is 396. The van der Waals surface area contributed by atoms with E-state index >= 15 is 0 Å². The van der Waals surface area contributed by atoms with Crippen LogP contribution in [0.3, 0.4) is 0 Å². The zero-order valence-corrected chi connectivity index (χ0v) is 12.2. The summed E-state index contributed by atoms with van der Waals surface area (Å²) in [7, 11) is -3.07. The standard InChI is InChI=1S/C13H24N2O3S/c16-13(15-11-4-3-8-14-10-11)7-9-19(17,18)12-5-1-2-6-12/h11-12,14H,1-10H2,(H,15,16)/t11-/m0/s1. The predicted molar refractivity (Wildman–Crippen MR) is 74.7 cm³/mol. The Hall–Kier alpha value is -0.620. The lowest BCUT2D eigenvalue weighted by atomic mass is 10.1. The van der Waals surface area contributed by atoms with E-state index in [1.54, 1.807) is 0 Å². The first-order chi connectivity index (χ1) is 9.08. The first-order valence-electron chi connectivity index (χ1n) is 7.29. The van der Waals surface area contributed by atoms with Crippen LogP contribution in [0, 0.1) is 0 Å². The second-order valence-corrected chi connectivity index (χ2v) is 8.03. The van der Waals surface area contributed by atoms with Gasteiger partial charge in [-0.3, -0.25) is 4.79 Å². The van der Waals surface area contributed by atoms with Gasteiger partial charge in [0.1, 0.15) is 0 Å². The fourth-order valence-corrected chi connectivity index (χ4v) is 4.78. The molecule has 1 atom stereocenters. The predicted octanol–water partition coefficient (Wildman–Crippen LogP) is 0.602. The number of nitrogens with one attached hydrogen (secondary N) is 2. The van der Waals surface area contributed by atoms with E-state index in [0.717, 1.165) is 51.6 Å². The van der Waals surface area contributed by atoms with Gasteiger partial charge in [-0.05, 0) is 32.2 Å². The molecule has 6 heteroatoms. The molecule has 1 amide bonds. The summed E-state index contributed by atoms with van der Waals surface area (Å²) in [6.07, 6.45) is 5.70. The van der Waals surface area contributed by atoms with Crippen molar-refractivity contribution >= 4 is 15.7 Å². The molecule has 2 aliphatic rings. The number of rotatable bonds is 5. The first kappa shape index (κ1) is 14.8. The van der Waals surface area contributed by atoms with Crippen molar-refractivity contribution in [2.75, 3.05) is 18.8 Å². The Kier molecular flexibility index (Phi) is 5.21. The fourth-order valence-electron chi connectivity index (χ4n) is 2.92. The van der Waals surface area contributed by atoms with Crippen LogP contribution < -0.4 is 10.6 Å². The van der Waals surface area contributed by atoms with Crippen LogP contribution >= 0.6 is 0 Å². The minimum absolute atomic E-state index is 0.00362. The van der Waals surface area contributed by atoms with Crippen molar-refractivity contribution in [3.05, 3.63) is 0 Å². The lowest BCUT2D eigenvalue weighted by Crippen LogP contribution is -2.46. The summed E-state index contributed by atoms with van der Waals surface area (Å²) < 4.78 is 24.1. The van der Waals surface area contributed by atoms with Crippen molar-refractivity contribution in [3.63, 3.8) is 0 Å². The average molecular weight is 288 g/mol. The van der Waals surface area contributed by atoms with Gasteiger partial charge < -0.3 is 10.6 Å². The van der Waals surface area contributed by atoms with E-state index in [9.17, 15) is 13.2 Å². The van der Waals surface area contributed by atoms with E-state index in [4.69, 9.17) is 0 Å². The van der Waals surface area contributed by atoms with E-state index in [-0.39, 0.29) is 29.4 Å². The van der Waals surface area contributed by atoms with Crippen molar-refractivity contribution < 1.29 is 13.2 Å². The molecular formula is C13H24N2O3S. The maximum Gasteiger partial charge on any atom is 0.221 e. The van der Waals surface area contributed by atoms with Crippen molar-refractivity contribution in [3.8, 4) is 0 Å². The number of amides is 1. The topological polar surface area (TPSA) is 75.3 Å². The molecule has 1 saturated carbocycles. The summed E-state index contributed by atoms with van der Waals surface area (Å²) in [6.45, 7) is 1.80. The van der Waals surface area contributed by atoms with Crippen LogP contribution in [0.5, 0.6) is 0 Å². The van der Waals surface area contributed by atoms with E-state index in [1.165, 1.54) is 0 Å². The largest absolute Gasteiger partial charge is 0.352 e. The Labute approximate surface area is 115 Å². The third-order valence-electron chi connectivity index (χ3n) is 4.09. The Morgan fingerprint density at radius 1 is 1.16 bits per heavy atom. The lowest BCUT2D eigenvalue weighted by Gasteiger charge is -2.23. The van der Waals surface area contributed by atoms with E-state index in [2.05, 4.69) is 10.6 Å². The highest BCUT2D eigenvalue weighted by atomic mass is 32.2. The zero-order valence-electron chi connectivity index (χ0n) is 11.4. The van der Waals surface area contributed by atoms with Gasteiger partial charge in [-0.2, -0.15) is 0 Å². The summed E-state index contributed by atoms with van der Waals surface area (Å²) in [5.41, 5.74) is 0. The molecule has 0 unspecified atom stereocenters. The molecule has 19 heavy (non-hydrogen) atoms. The number of piperidine rings is 1. The number of hydrogen-bond donors (Lipinski definition) is 2. The average Bonchev–Trinajstić information content (AvgIpc) is 2.92. The highest BCUT2D eigenvalue weighted by molar-refractivity contribution is 7.92. The second kappa shape index (κ2) is 6.70. The van der Waals surface area contributed by atoms with E-state index < -0.39 is 9.84 Å². The van der Waals surface area contributed by atoms with Gasteiger partial charge in [-0.1, -0.05) is 12.8 Å². The second-order valence-electron chi connectivity index (χ2n) is 5.63. The number of carbonyl (C=O) groups excluding carboxylic acids is 1. The molecule has 1 saturated heterocycles. The molecule has 0 aromatic rings. The van der Waals surface area contributed by atoms with Gasteiger partial charge in [0.05, 0.1) is 11.0 Å². The lowest BCUT2D eigenvalue weighted by molar-refractivity contribution is -0.121. The minimum Gasteiger partial charge on any atom is -0.352 e. The molecule has 2 fully saturated rings. The van der Waals surface area contributed by atoms with Gasteiger partial charge in [-0.25, -0.2) is 8.42 Å². The van der Waals surface area contributed by atoms with Gasteiger partial charge >= 0.3 is 0 Å². The van der Waals surface area contributed by atoms with Gasteiger partial charge in [0, 0.05) is 19.0 Å². The van der Waals surface area contributed by atoms with Crippen LogP contribution in [0.15, 0.2) is 0 Å². The van der Waals surface area contributed by atoms with E-state index in [0.29, 0.717) is 0 Å². The molecule has 0 aromatic heterocycles. The summed E-state index contributed by atoms with van der Waals surface area (Å²) in [5, 5.41) is 5.94. The van der Waals surface area contributed by atoms with Crippen LogP contribution in [-0.4, -0.2) is 44.5 Å². The van der Waals surface area contributed by atoms with Gasteiger partial charge in [-0.15, -0.1) is 0 Å². The summed E-state index contributed by atoms with van der Waals surface area (Å²) in [6, 6.07) is 0.162. The molecule has 0 aromatic carbocycles. The van der Waals surface area contributed by atoms with Crippen LogP contribution in [0.25, 0.3) is 0 Å². The Balaban J connectivity index is 1.73. The fraction of sp³-hybridized carbons (Fsp3) is 0.923. The summed E-state index contributed by atoms with van der Waals surface area (Å²) in [5.74, 6) is -0.126. The molecule has 1 aliphatic heterocycles. The molecule has 0 spiro atoms. The molecule has 2 rings (SSSR count). The van der Waals surface area contributed by atoms with Crippen LogP contribution in [0.1, 0.15) is 44.9 Å². The maximum absolute atomic E-state index is 12.0. The maximum atomic E-state index is 12.0. The molecule has 2 N–H and O–H groups in total. The monoisotopic (exact) mass is 288 g/mol. The summed E-state index contributed by atoms with van der Waals surface area (Å²) in [4.78, 5) is 11.8. The highest BCUT2D eigenvalue weighted by Crippen LogP contribution is 2.25. The van der Waals surface area contributed by atoms with Crippen molar-refractivity contribution in [1.82, 2.24) is 10.6 Å². The molecule has 5 nitrogen and oxygen atoms in total. The third kappa shape index (κ3) is 4.45. The van der Waals surface area contributed by atoms with Crippen LogP contribution in [0.2, 0.25) is 0 Å². The van der Waals surface area contributed by atoms with E-state index in [1.807, 2.05) is 0 Å². The molecule has 1 aliphatic carbocycles.